The number of aromatic nitrogens is 2. The third-order valence-electron chi connectivity index (χ3n) is 4.76. The minimum Gasteiger partial charge on any atom is -0.444 e. The van der Waals surface area contributed by atoms with E-state index in [0.29, 0.717) is 11.5 Å². The Kier molecular flexibility index (Phi) is 6.30. The van der Waals surface area contributed by atoms with Crippen LogP contribution in [0, 0.1) is 11.3 Å². The fourth-order valence-electron chi connectivity index (χ4n) is 3.59. The lowest BCUT2D eigenvalue weighted by Crippen LogP contribution is -2.38. The molecular formula is C22H30N6O2. The van der Waals surface area contributed by atoms with Gasteiger partial charge in [0.25, 0.3) is 0 Å². The second kappa shape index (κ2) is 8.74. The van der Waals surface area contributed by atoms with Crippen LogP contribution in [0.1, 0.15) is 59.6 Å². The predicted molar refractivity (Wildman–Crippen MR) is 117 cm³/mol. The van der Waals surface area contributed by atoms with E-state index >= 15 is 0 Å². The molecule has 0 aliphatic heterocycles. The molecule has 0 bridgehead atoms. The molecule has 2 aromatic heterocycles. The number of nitrogens with zero attached hydrogens (tertiary/aromatic N) is 3. The summed E-state index contributed by atoms with van der Waals surface area (Å²) in [5.41, 5.74) is -0.142. The van der Waals surface area contributed by atoms with E-state index in [2.05, 4.69) is 32.0 Å². The smallest absolute Gasteiger partial charge is 0.407 e. The monoisotopic (exact) mass is 410 g/mol. The number of nitriles is 1. The van der Waals surface area contributed by atoms with Crippen molar-refractivity contribution in [1.82, 2.24) is 15.3 Å². The quantitative estimate of drug-likeness (QED) is 0.678. The Morgan fingerprint density at radius 2 is 2.00 bits per heavy atom. The Morgan fingerprint density at radius 1 is 1.27 bits per heavy atom. The lowest BCUT2D eigenvalue weighted by atomic mass is 10.1. The van der Waals surface area contributed by atoms with E-state index < -0.39 is 5.60 Å². The molecule has 1 aliphatic rings. The van der Waals surface area contributed by atoms with Crippen molar-refractivity contribution in [1.29, 1.82) is 5.26 Å². The Labute approximate surface area is 177 Å². The number of alkyl carbamates (subject to hydrolysis) is 1. The summed E-state index contributed by atoms with van der Waals surface area (Å²) in [5, 5.41) is 20.8. The molecule has 8 heteroatoms. The van der Waals surface area contributed by atoms with Crippen molar-refractivity contribution in [3.8, 4) is 6.07 Å². The molecular weight excluding hydrogens is 380 g/mol. The number of nitrogens with one attached hydrogen (secondary N) is 3. The summed E-state index contributed by atoms with van der Waals surface area (Å²) >= 11 is 0. The van der Waals surface area contributed by atoms with Crippen molar-refractivity contribution in [2.75, 3.05) is 10.6 Å². The highest BCUT2D eigenvalue weighted by atomic mass is 16.6. The number of fused-ring (bicyclic) bond motifs is 1. The number of carbonyl (C=O) groups excluding carboxylic acids is 1. The van der Waals surface area contributed by atoms with Crippen LogP contribution in [0.15, 0.2) is 18.3 Å². The normalized spacial score (nSPS) is 18.8. The van der Waals surface area contributed by atoms with Crippen molar-refractivity contribution in [2.45, 2.75) is 77.6 Å². The lowest BCUT2D eigenvalue weighted by Gasteiger charge is -2.22. The standard InChI is InChI=1S/C22H30N6O2/c1-13(2)25-20-18-10-19(24-12-14(18)8-17(11-23)27-20)26-15-6-7-16(9-15)28-21(29)30-22(3,4)5/h8,10,12-13,15-16H,6-7,9H2,1-5H3,(H,24,26)(H,25,27)(H,28,29)/t15-,16-/m1/s1. The van der Waals surface area contributed by atoms with Crippen LogP contribution in [0.5, 0.6) is 0 Å². The highest BCUT2D eigenvalue weighted by Crippen LogP contribution is 2.28. The Balaban J connectivity index is 1.69. The molecule has 0 aromatic carbocycles. The minimum atomic E-state index is -0.503. The van der Waals surface area contributed by atoms with Gasteiger partial charge < -0.3 is 20.7 Å². The summed E-state index contributed by atoms with van der Waals surface area (Å²) < 4.78 is 5.35. The number of pyridine rings is 2. The average molecular weight is 411 g/mol. The topological polar surface area (TPSA) is 112 Å². The zero-order valence-electron chi connectivity index (χ0n) is 18.2. The minimum absolute atomic E-state index is 0.0795. The van der Waals surface area contributed by atoms with E-state index in [1.54, 1.807) is 12.3 Å². The van der Waals surface area contributed by atoms with Crippen molar-refractivity contribution in [3.63, 3.8) is 0 Å². The number of hydrogen-bond donors (Lipinski definition) is 3. The lowest BCUT2D eigenvalue weighted by molar-refractivity contribution is 0.0505. The summed E-state index contributed by atoms with van der Waals surface area (Å²) in [7, 11) is 0. The molecule has 1 amide bonds. The van der Waals surface area contributed by atoms with Crippen LogP contribution >= 0.6 is 0 Å². The fourth-order valence-corrected chi connectivity index (χ4v) is 3.59. The van der Waals surface area contributed by atoms with Gasteiger partial charge in [0.15, 0.2) is 0 Å². The Hall–Kier alpha value is -3.08. The molecule has 0 unspecified atom stereocenters. The van der Waals surface area contributed by atoms with Crippen LogP contribution in [0.3, 0.4) is 0 Å². The summed E-state index contributed by atoms with van der Waals surface area (Å²) in [4.78, 5) is 20.9. The molecule has 160 valence electrons. The van der Waals surface area contributed by atoms with E-state index in [-0.39, 0.29) is 24.2 Å². The second-order valence-corrected chi connectivity index (χ2v) is 9.06. The molecule has 2 atom stereocenters. The van der Waals surface area contributed by atoms with Crippen LogP contribution in [-0.2, 0) is 4.74 Å². The van der Waals surface area contributed by atoms with Crippen LogP contribution in [0.4, 0.5) is 16.4 Å². The maximum absolute atomic E-state index is 12.0. The molecule has 1 saturated carbocycles. The largest absolute Gasteiger partial charge is 0.444 e. The SMILES string of the molecule is CC(C)Nc1nc(C#N)cc2cnc(N[C@@H]3CC[C@@H](NC(=O)OC(C)(C)C)C3)cc12. The molecule has 3 rings (SSSR count). The first-order valence-corrected chi connectivity index (χ1v) is 10.4. The van der Waals surface area contributed by atoms with Gasteiger partial charge in [-0.3, -0.25) is 0 Å². The average Bonchev–Trinajstić information content (AvgIpc) is 3.06. The van der Waals surface area contributed by atoms with Gasteiger partial charge in [-0.05, 0) is 66.0 Å². The highest BCUT2D eigenvalue weighted by molar-refractivity contribution is 5.93. The molecule has 2 aromatic rings. The number of amides is 1. The van der Waals surface area contributed by atoms with E-state index in [1.165, 1.54) is 0 Å². The molecule has 1 aliphatic carbocycles. The van der Waals surface area contributed by atoms with Crippen LogP contribution in [0.2, 0.25) is 0 Å². The summed E-state index contributed by atoms with van der Waals surface area (Å²) in [6.07, 6.45) is 4.01. The first kappa shape index (κ1) is 21.6. The Bertz CT molecular complexity index is 960. The van der Waals surface area contributed by atoms with E-state index in [9.17, 15) is 10.1 Å². The number of carbonyl (C=O) groups is 1. The maximum Gasteiger partial charge on any atom is 0.407 e. The van der Waals surface area contributed by atoms with Gasteiger partial charge in [0.05, 0.1) is 0 Å². The molecule has 0 saturated heterocycles. The van der Waals surface area contributed by atoms with Crippen LogP contribution < -0.4 is 16.0 Å². The van der Waals surface area contributed by atoms with Gasteiger partial charge in [-0.25, -0.2) is 14.8 Å². The van der Waals surface area contributed by atoms with Crippen molar-refractivity contribution in [2.24, 2.45) is 0 Å². The van der Waals surface area contributed by atoms with E-state index in [0.717, 1.165) is 35.9 Å². The van der Waals surface area contributed by atoms with E-state index in [1.807, 2.05) is 40.7 Å². The molecule has 0 radical (unpaired) electrons. The number of ether oxygens (including phenoxy) is 1. The molecule has 30 heavy (non-hydrogen) atoms. The second-order valence-electron chi connectivity index (χ2n) is 9.06. The van der Waals surface area contributed by atoms with Gasteiger partial charge in [0, 0.05) is 35.1 Å². The molecule has 0 spiro atoms. The van der Waals surface area contributed by atoms with Crippen molar-refractivity contribution < 1.29 is 9.53 Å². The zero-order valence-corrected chi connectivity index (χ0v) is 18.2. The number of rotatable bonds is 5. The van der Waals surface area contributed by atoms with Crippen LogP contribution in [0.25, 0.3) is 10.8 Å². The third-order valence-corrected chi connectivity index (χ3v) is 4.76. The predicted octanol–water partition coefficient (Wildman–Crippen LogP) is 4.18. The van der Waals surface area contributed by atoms with Crippen molar-refractivity contribution in [3.05, 3.63) is 24.0 Å². The highest BCUT2D eigenvalue weighted by Gasteiger charge is 2.28. The van der Waals surface area contributed by atoms with Gasteiger partial charge in [0.2, 0.25) is 0 Å². The van der Waals surface area contributed by atoms with Crippen LogP contribution in [-0.4, -0.2) is 39.8 Å². The molecule has 3 N–H and O–H groups in total. The summed E-state index contributed by atoms with van der Waals surface area (Å²) in [6.45, 7) is 9.63. The Morgan fingerprint density at radius 3 is 2.67 bits per heavy atom. The summed E-state index contributed by atoms with van der Waals surface area (Å²) in [6, 6.07) is 6.29. The fraction of sp³-hybridized carbons (Fsp3) is 0.545. The van der Waals surface area contributed by atoms with Gasteiger partial charge in [-0.2, -0.15) is 5.26 Å². The van der Waals surface area contributed by atoms with E-state index in [4.69, 9.17) is 4.74 Å². The molecule has 1 fully saturated rings. The summed E-state index contributed by atoms with van der Waals surface area (Å²) in [5.74, 6) is 1.43. The van der Waals surface area contributed by atoms with Gasteiger partial charge >= 0.3 is 6.09 Å². The maximum atomic E-state index is 12.0. The van der Waals surface area contributed by atoms with Crippen molar-refractivity contribution >= 4 is 28.5 Å². The molecule has 2 heterocycles. The first-order valence-electron chi connectivity index (χ1n) is 10.4. The van der Waals surface area contributed by atoms with Gasteiger partial charge in [0.1, 0.15) is 29.0 Å². The third kappa shape index (κ3) is 5.72. The number of hydrogen-bond acceptors (Lipinski definition) is 7. The number of anilines is 2. The zero-order chi connectivity index (χ0) is 21.9. The van der Waals surface area contributed by atoms with Gasteiger partial charge in [-0.1, -0.05) is 0 Å². The molecule has 8 nitrogen and oxygen atoms in total. The first-order chi connectivity index (χ1) is 14.1. The van der Waals surface area contributed by atoms with Gasteiger partial charge in [-0.15, -0.1) is 0 Å².